The van der Waals surface area contributed by atoms with E-state index in [1.807, 2.05) is 27.8 Å². The molecule has 0 fully saturated rings. The van der Waals surface area contributed by atoms with Gasteiger partial charge >= 0.3 is 0 Å². The van der Waals surface area contributed by atoms with Crippen LogP contribution in [-0.4, -0.2) is 35.8 Å². The third kappa shape index (κ3) is 1.23. The number of hydrogen-bond acceptors (Lipinski definition) is 4. The minimum absolute atomic E-state index is 0.0607. The molecular formula is C7H5I2N5O. The molecule has 3 rings (SSSR count). The number of aliphatic imine (C=N–C) groups is 1. The van der Waals surface area contributed by atoms with Crippen LogP contribution in [0.4, 0.5) is 5.82 Å². The van der Waals surface area contributed by atoms with E-state index in [0.717, 1.165) is 18.9 Å². The summed E-state index contributed by atoms with van der Waals surface area (Å²) in [4.78, 5) is 22.5. The molecular weight excluding hydrogens is 424 g/mol. The molecule has 8 heteroatoms. The lowest BCUT2D eigenvalue weighted by Gasteiger charge is -2.28. The van der Waals surface area contributed by atoms with E-state index in [0.29, 0.717) is 11.7 Å². The Morgan fingerprint density at radius 2 is 2.20 bits per heavy atom. The van der Waals surface area contributed by atoms with Crippen LogP contribution in [0.5, 0.6) is 0 Å². The van der Waals surface area contributed by atoms with Crippen molar-refractivity contribution in [3.05, 3.63) is 12.0 Å². The molecule has 2 aliphatic heterocycles. The number of fused-ring (bicyclic) bond motifs is 3. The fraction of sp³-hybridized carbons (Fsp3) is 0.286. The molecule has 0 radical (unpaired) electrons. The molecule has 0 spiro atoms. The van der Waals surface area contributed by atoms with Gasteiger partial charge in [-0.2, -0.15) is 0 Å². The normalized spacial score (nSPS) is 19.1. The van der Waals surface area contributed by atoms with E-state index in [2.05, 4.69) is 32.8 Å². The molecule has 0 bridgehead atoms. The lowest BCUT2D eigenvalue weighted by Crippen LogP contribution is -2.45. The van der Waals surface area contributed by atoms with Gasteiger partial charge in [-0.1, -0.05) is 0 Å². The third-order valence-corrected chi connectivity index (χ3v) is 3.94. The highest BCUT2D eigenvalue weighted by Gasteiger charge is 2.39. The summed E-state index contributed by atoms with van der Waals surface area (Å²) in [6.45, 7) is 1.51. The van der Waals surface area contributed by atoms with Gasteiger partial charge in [0, 0.05) is 6.54 Å². The minimum atomic E-state index is -0.0607. The summed E-state index contributed by atoms with van der Waals surface area (Å²) < 4.78 is 3.26. The maximum absolute atomic E-state index is 12.0. The highest BCUT2D eigenvalue weighted by Crippen LogP contribution is 2.31. The molecule has 2 aliphatic rings. The van der Waals surface area contributed by atoms with E-state index in [4.69, 9.17) is 0 Å². The second kappa shape index (κ2) is 3.30. The van der Waals surface area contributed by atoms with Gasteiger partial charge in [-0.25, -0.2) is 13.1 Å². The number of guanidine groups is 1. The maximum Gasteiger partial charge on any atom is 0.290 e. The Hall–Kier alpha value is -0.390. The van der Waals surface area contributed by atoms with Gasteiger partial charge in [0.15, 0.2) is 11.5 Å². The molecule has 0 saturated heterocycles. The number of hydrogen-bond donors (Lipinski definition) is 0. The van der Waals surface area contributed by atoms with Crippen LogP contribution in [0.1, 0.15) is 10.5 Å². The lowest BCUT2D eigenvalue weighted by molar-refractivity contribution is 0.0922. The van der Waals surface area contributed by atoms with Crippen molar-refractivity contribution in [2.75, 3.05) is 18.0 Å². The van der Waals surface area contributed by atoms with E-state index in [-0.39, 0.29) is 5.91 Å². The predicted molar refractivity (Wildman–Crippen MR) is 71.5 cm³/mol. The molecule has 0 unspecified atom stereocenters. The summed E-state index contributed by atoms with van der Waals surface area (Å²) in [5.41, 5.74) is 0.617. The van der Waals surface area contributed by atoms with Crippen LogP contribution in [0.15, 0.2) is 11.3 Å². The molecule has 6 nitrogen and oxygen atoms in total. The molecule has 78 valence electrons. The zero-order valence-corrected chi connectivity index (χ0v) is 11.7. The summed E-state index contributed by atoms with van der Waals surface area (Å²) in [6.07, 6.45) is 1.65. The largest absolute Gasteiger partial charge is 0.292 e. The van der Waals surface area contributed by atoms with Crippen LogP contribution < -0.4 is 4.90 Å². The first kappa shape index (κ1) is 9.81. The number of aromatic nitrogens is 2. The van der Waals surface area contributed by atoms with Gasteiger partial charge < -0.3 is 0 Å². The molecule has 1 aromatic heterocycles. The Bertz CT molecular complexity index is 482. The second-order valence-electron chi connectivity index (χ2n) is 3.15. The number of amides is 1. The second-order valence-corrected chi connectivity index (χ2v) is 5.15. The Labute approximate surface area is 113 Å². The molecule has 1 aromatic rings. The monoisotopic (exact) mass is 429 g/mol. The first-order chi connectivity index (χ1) is 7.20. The van der Waals surface area contributed by atoms with E-state index < -0.39 is 0 Å². The molecule has 1 amide bonds. The quantitative estimate of drug-likeness (QED) is 0.458. The SMILES string of the molecule is O=C1c2c(ncn2I)N2CCN=C2N1I. The lowest BCUT2D eigenvalue weighted by atomic mass is 10.3. The number of rotatable bonds is 0. The molecule has 15 heavy (non-hydrogen) atoms. The van der Waals surface area contributed by atoms with E-state index in [9.17, 15) is 4.79 Å². The van der Waals surface area contributed by atoms with E-state index in [1.165, 1.54) is 0 Å². The highest BCUT2D eigenvalue weighted by molar-refractivity contribution is 14.1. The van der Waals surface area contributed by atoms with Crippen molar-refractivity contribution in [3.8, 4) is 0 Å². The number of carbonyl (C=O) groups is 1. The summed E-state index contributed by atoms with van der Waals surface area (Å²) in [7, 11) is 0. The first-order valence-electron chi connectivity index (χ1n) is 4.26. The molecule has 0 saturated carbocycles. The number of imidazole rings is 1. The van der Waals surface area contributed by atoms with Crippen LogP contribution in [0, 0.1) is 0 Å². The van der Waals surface area contributed by atoms with Crippen molar-refractivity contribution in [2.24, 2.45) is 4.99 Å². The molecule has 3 heterocycles. The summed E-state index contributed by atoms with van der Waals surface area (Å²) in [6, 6.07) is 0. The van der Waals surface area contributed by atoms with Gasteiger partial charge in [0.05, 0.1) is 52.3 Å². The standard InChI is InChI=1S/C7H5I2N5O/c8-13-3-11-5-4(13)6(15)14(9)7-10-1-2-12(5)7/h3H,1-2H2. The van der Waals surface area contributed by atoms with Crippen LogP contribution in [0.3, 0.4) is 0 Å². The van der Waals surface area contributed by atoms with Crippen molar-refractivity contribution in [3.63, 3.8) is 0 Å². The molecule has 0 atom stereocenters. The smallest absolute Gasteiger partial charge is 0.290 e. The Balaban J connectivity index is 2.24. The van der Waals surface area contributed by atoms with Crippen molar-refractivity contribution in [1.29, 1.82) is 0 Å². The van der Waals surface area contributed by atoms with Crippen molar-refractivity contribution in [2.45, 2.75) is 0 Å². The van der Waals surface area contributed by atoms with Crippen molar-refractivity contribution < 1.29 is 4.79 Å². The summed E-state index contributed by atoms with van der Waals surface area (Å²) in [5, 5.41) is 0. The van der Waals surface area contributed by atoms with Gasteiger partial charge in [-0.15, -0.1) is 0 Å². The predicted octanol–water partition coefficient (Wildman–Crippen LogP) is 1.06. The van der Waals surface area contributed by atoms with Gasteiger partial charge in [0.2, 0.25) is 5.96 Å². The van der Waals surface area contributed by atoms with E-state index in [1.54, 1.807) is 12.2 Å². The maximum atomic E-state index is 12.0. The van der Waals surface area contributed by atoms with Crippen LogP contribution in [-0.2, 0) is 0 Å². The fourth-order valence-electron chi connectivity index (χ4n) is 1.69. The van der Waals surface area contributed by atoms with Gasteiger partial charge in [-0.3, -0.25) is 12.5 Å². The summed E-state index contributed by atoms with van der Waals surface area (Å²) in [5.74, 6) is 1.36. The highest BCUT2D eigenvalue weighted by atomic mass is 127. The fourth-order valence-corrected chi connectivity index (χ4v) is 2.88. The third-order valence-electron chi connectivity index (χ3n) is 2.34. The number of anilines is 1. The topological polar surface area (TPSA) is 53.7 Å². The summed E-state index contributed by atoms with van der Waals surface area (Å²) >= 11 is 4.03. The molecule has 0 N–H and O–H groups in total. The average molecular weight is 429 g/mol. The minimum Gasteiger partial charge on any atom is -0.292 e. The Morgan fingerprint density at radius 1 is 1.40 bits per heavy atom. The zero-order valence-electron chi connectivity index (χ0n) is 7.39. The van der Waals surface area contributed by atoms with E-state index >= 15 is 0 Å². The number of nitrogens with zero attached hydrogens (tertiary/aromatic N) is 5. The zero-order chi connectivity index (χ0) is 10.6. The van der Waals surface area contributed by atoms with Crippen LogP contribution in [0.2, 0.25) is 0 Å². The van der Waals surface area contributed by atoms with Crippen molar-refractivity contribution >= 4 is 63.4 Å². The van der Waals surface area contributed by atoms with Gasteiger partial charge in [-0.05, 0) is 0 Å². The number of halogens is 2. The van der Waals surface area contributed by atoms with Gasteiger partial charge in [0.1, 0.15) is 6.33 Å². The molecule has 0 aromatic carbocycles. The van der Waals surface area contributed by atoms with Crippen molar-refractivity contribution in [1.82, 2.24) is 10.9 Å². The number of carbonyl (C=O) groups excluding carboxylic acids is 1. The van der Waals surface area contributed by atoms with Gasteiger partial charge in [0.25, 0.3) is 5.91 Å². The Morgan fingerprint density at radius 3 is 3.00 bits per heavy atom. The average Bonchev–Trinajstić information content (AvgIpc) is 2.80. The first-order valence-corrected chi connectivity index (χ1v) is 6.19. The Kier molecular flexibility index (Phi) is 2.16. The van der Waals surface area contributed by atoms with Crippen LogP contribution >= 0.6 is 45.7 Å². The van der Waals surface area contributed by atoms with Crippen LogP contribution in [0.25, 0.3) is 0 Å². The molecule has 0 aliphatic carbocycles.